The maximum absolute atomic E-state index is 12.3. The summed E-state index contributed by atoms with van der Waals surface area (Å²) in [5.74, 6) is 0.516. The van der Waals surface area contributed by atoms with Crippen LogP contribution in [0.3, 0.4) is 0 Å². The summed E-state index contributed by atoms with van der Waals surface area (Å²) < 4.78 is 5.45. The van der Waals surface area contributed by atoms with Gasteiger partial charge in [-0.3, -0.25) is 4.79 Å². The van der Waals surface area contributed by atoms with Gasteiger partial charge in [-0.25, -0.2) is 0 Å². The lowest BCUT2D eigenvalue weighted by atomic mass is 9.93. The Morgan fingerprint density at radius 1 is 1.40 bits per heavy atom. The molecule has 6 nitrogen and oxygen atoms in total. The molecule has 0 radical (unpaired) electrons. The highest BCUT2D eigenvalue weighted by Crippen LogP contribution is 2.22. The van der Waals surface area contributed by atoms with E-state index in [0.717, 1.165) is 17.1 Å². The molecule has 0 spiro atoms. The largest absolute Gasteiger partial charge is 0.466 e. The Hall–Kier alpha value is -1.98. The van der Waals surface area contributed by atoms with Crippen molar-refractivity contribution >= 4 is 11.7 Å². The van der Waals surface area contributed by atoms with Crippen LogP contribution in [0.2, 0.25) is 0 Å². The van der Waals surface area contributed by atoms with E-state index in [9.17, 15) is 4.79 Å². The zero-order valence-corrected chi connectivity index (χ0v) is 12.6. The average Bonchev–Trinajstić information content (AvgIpc) is 2.67. The Labute approximate surface area is 119 Å². The van der Waals surface area contributed by atoms with Crippen molar-refractivity contribution in [3.63, 3.8) is 0 Å². The summed E-state index contributed by atoms with van der Waals surface area (Å²) in [6.07, 6.45) is 0. The fourth-order valence-electron chi connectivity index (χ4n) is 2.30. The Morgan fingerprint density at radius 2 is 2.00 bits per heavy atom. The van der Waals surface area contributed by atoms with Gasteiger partial charge in [0.1, 0.15) is 17.4 Å². The summed E-state index contributed by atoms with van der Waals surface area (Å²) in [7, 11) is 0. The van der Waals surface area contributed by atoms with Crippen molar-refractivity contribution in [3.05, 3.63) is 23.2 Å². The van der Waals surface area contributed by atoms with Crippen molar-refractivity contribution in [1.82, 2.24) is 5.32 Å². The molecule has 0 saturated heterocycles. The highest BCUT2D eigenvalue weighted by atomic mass is 16.4. The molecular formula is C14H23N3O3. The molecule has 112 valence electrons. The van der Waals surface area contributed by atoms with Gasteiger partial charge in [-0.15, -0.1) is 0 Å². The molecule has 0 aliphatic carbocycles. The van der Waals surface area contributed by atoms with Gasteiger partial charge in [-0.2, -0.15) is 0 Å². The molecule has 1 aromatic rings. The lowest BCUT2D eigenvalue weighted by Gasteiger charge is -2.21. The minimum atomic E-state index is -0.657. The predicted molar refractivity (Wildman–Crippen MR) is 76.5 cm³/mol. The molecule has 0 aliphatic rings. The van der Waals surface area contributed by atoms with E-state index in [0.29, 0.717) is 0 Å². The van der Waals surface area contributed by atoms with E-state index in [-0.39, 0.29) is 23.7 Å². The van der Waals surface area contributed by atoms with Gasteiger partial charge in [-0.05, 0) is 32.8 Å². The molecule has 2 atom stereocenters. The zero-order chi connectivity index (χ0) is 15.4. The SMILES string of the molecule is Cc1cc(C(C)NC(=O)C(C(N)=NO)C(C)C)c(C)o1. The molecule has 6 heteroatoms. The number of nitrogens with two attached hydrogens (primary N) is 1. The van der Waals surface area contributed by atoms with Crippen LogP contribution in [-0.4, -0.2) is 17.0 Å². The zero-order valence-electron chi connectivity index (χ0n) is 12.6. The van der Waals surface area contributed by atoms with Gasteiger partial charge >= 0.3 is 0 Å². The van der Waals surface area contributed by atoms with Gasteiger partial charge in [0.05, 0.1) is 6.04 Å². The van der Waals surface area contributed by atoms with Crippen LogP contribution in [0, 0.1) is 25.7 Å². The maximum Gasteiger partial charge on any atom is 0.231 e. The summed E-state index contributed by atoms with van der Waals surface area (Å²) in [6.45, 7) is 9.28. The van der Waals surface area contributed by atoms with Crippen LogP contribution in [0.5, 0.6) is 0 Å². The lowest BCUT2D eigenvalue weighted by molar-refractivity contribution is -0.124. The van der Waals surface area contributed by atoms with Crippen molar-refractivity contribution in [1.29, 1.82) is 0 Å². The Bertz CT molecular complexity index is 506. The Kier molecular flexibility index (Phi) is 5.19. The second-order valence-corrected chi connectivity index (χ2v) is 5.35. The first-order chi connectivity index (χ1) is 9.27. The van der Waals surface area contributed by atoms with Crippen LogP contribution < -0.4 is 11.1 Å². The van der Waals surface area contributed by atoms with E-state index in [1.165, 1.54) is 0 Å². The molecule has 2 unspecified atom stereocenters. The van der Waals surface area contributed by atoms with E-state index >= 15 is 0 Å². The molecule has 1 aromatic heterocycles. The van der Waals surface area contributed by atoms with Crippen molar-refractivity contribution in [2.45, 2.75) is 40.7 Å². The van der Waals surface area contributed by atoms with Crippen LogP contribution in [-0.2, 0) is 4.79 Å². The van der Waals surface area contributed by atoms with Crippen molar-refractivity contribution < 1.29 is 14.4 Å². The first-order valence-corrected chi connectivity index (χ1v) is 6.62. The number of nitrogens with one attached hydrogen (secondary N) is 1. The van der Waals surface area contributed by atoms with Gasteiger partial charge in [0.15, 0.2) is 5.84 Å². The van der Waals surface area contributed by atoms with Gasteiger partial charge < -0.3 is 20.7 Å². The van der Waals surface area contributed by atoms with Gasteiger partial charge in [-0.1, -0.05) is 19.0 Å². The molecule has 0 aliphatic heterocycles. The number of carbonyl (C=O) groups excluding carboxylic acids is 1. The van der Waals surface area contributed by atoms with E-state index in [1.54, 1.807) is 0 Å². The van der Waals surface area contributed by atoms with Crippen LogP contribution in [0.4, 0.5) is 0 Å². The highest BCUT2D eigenvalue weighted by molar-refractivity contribution is 6.02. The first-order valence-electron chi connectivity index (χ1n) is 6.62. The molecule has 0 aromatic carbocycles. The molecule has 20 heavy (non-hydrogen) atoms. The lowest BCUT2D eigenvalue weighted by Crippen LogP contribution is -2.42. The van der Waals surface area contributed by atoms with E-state index in [4.69, 9.17) is 15.4 Å². The first kappa shape index (κ1) is 16.1. The number of amides is 1. The molecule has 0 fully saturated rings. The van der Waals surface area contributed by atoms with Crippen LogP contribution in [0.1, 0.15) is 43.9 Å². The summed E-state index contributed by atoms with van der Waals surface area (Å²) in [5.41, 5.74) is 6.52. The van der Waals surface area contributed by atoms with Crippen LogP contribution in [0.15, 0.2) is 15.6 Å². The predicted octanol–water partition coefficient (Wildman–Crippen LogP) is 2.09. The molecule has 0 bridgehead atoms. The summed E-state index contributed by atoms with van der Waals surface area (Å²) >= 11 is 0. The molecule has 1 amide bonds. The number of oxime groups is 1. The van der Waals surface area contributed by atoms with E-state index in [1.807, 2.05) is 40.7 Å². The van der Waals surface area contributed by atoms with Crippen LogP contribution in [0.25, 0.3) is 0 Å². The monoisotopic (exact) mass is 281 g/mol. The molecular weight excluding hydrogens is 258 g/mol. The maximum atomic E-state index is 12.3. The third-order valence-electron chi connectivity index (χ3n) is 3.29. The second-order valence-electron chi connectivity index (χ2n) is 5.35. The smallest absolute Gasteiger partial charge is 0.231 e. The quantitative estimate of drug-likeness (QED) is 0.333. The van der Waals surface area contributed by atoms with Crippen molar-refractivity contribution in [2.75, 3.05) is 0 Å². The number of nitrogens with zero attached hydrogens (tertiary/aromatic N) is 1. The standard InChI is InChI=1S/C14H23N3O3/c1-7(2)12(13(15)17-19)14(18)16-9(4)11-6-8(3)20-10(11)5/h6-7,9,12,19H,1-5H3,(H2,15,17)(H,16,18). The van der Waals surface area contributed by atoms with E-state index in [2.05, 4.69) is 10.5 Å². The van der Waals surface area contributed by atoms with Gasteiger partial charge in [0.25, 0.3) is 0 Å². The number of aryl methyl sites for hydroxylation is 2. The Morgan fingerprint density at radius 3 is 2.40 bits per heavy atom. The molecule has 4 N–H and O–H groups in total. The summed E-state index contributed by atoms with van der Waals surface area (Å²) in [5, 5.41) is 14.6. The van der Waals surface area contributed by atoms with E-state index < -0.39 is 5.92 Å². The molecule has 1 rings (SSSR count). The number of rotatable bonds is 5. The fourth-order valence-corrected chi connectivity index (χ4v) is 2.30. The number of hydrogen-bond acceptors (Lipinski definition) is 4. The minimum Gasteiger partial charge on any atom is -0.466 e. The average molecular weight is 281 g/mol. The molecule has 0 saturated carbocycles. The minimum absolute atomic E-state index is 0.0646. The third kappa shape index (κ3) is 3.53. The highest BCUT2D eigenvalue weighted by Gasteiger charge is 2.28. The van der Waals surface area contributed by atoms with Crippen molar-refractivity contribution in [2.24, 2.45) is 22.7 Å². The third-order valence-corrected chi connectivity index (χ3v) is 3.29. The topological polar surface area (TPSA) is 101 Å². The van der Waals surface area contributed by atoms with Crippen LogP contribution >= 0.6 is 0 Å². The fraction of sp³-hybridized carbons (Fsp3) is 0.571. The normalized spacial score (nSPS) is 15.2. The number of amidine groups is 1. The summed E-state index contributed by atoms with van der Waals surface area (Å²) in [4.78, 5) is 12.3. The number of hydrogen-bond donors (Lipinski definition) is 3. The number of furan rings is 1. The number of carbonyl (C=O) groups is 1. The second kappa shape index (κ2) is 6.45. The van der Waals surface area contributed by atoms with Gasteiger partial charge in [0, 0.05) is 5.56 Å². The van der Waals surface area contributed by atoms with Gasteiger partial charge in [0.2, 0.25) is 5.91 Å². The van der Waals surface area contributed by atoms with Crippen molar-refractivity contribution in [3.8, 4) is 0 Å². The Balaban J connectivity index is 2.86. The molecule has 1 heterocycles. The summed E-state index contributed by atoms with van der Waals surface area (Å²) in [6, 6.07) is 1.70.